The minimum Gasteiger partial charge on any atom is -0.457 e. The molecule has 0 aliphatic carbocycles. The smallest absolute Gasteiger partial charge is 0.255 e. The molecule has 15 heavy (non-hydrogen) atoms. The zero-order chi connectivity index (χ0) is 11.4. The number of hydrogen-bond acceptors (Lipinski definition) is 2. The highest BCUT2D eigenvalue weighted by Crippen LogP contribution is 2.17. The Balaban J connectivity index is 2.47. The molecule has 0 aliphatic rings. The molecule has 0 spiro atoms. The lowest BCUT2D eigenvalue weighted by Gasteiger charge is -2.13. The van der Waals surface area contributed by atoms with Crippen LogP contribution in [0.15, 0.2) is 21.4 Å². The zero-order valence-electron chi connectivity index (χ0n) is 8.59. The lowest BCUT2D eigenvalue weighted by atomic mass is 10.1. The van der Waals surface area contributed by atoms with Crippen LogP contribution in [0.2, 0.25) is 0 Å². The molecule has 1 rings (SSSR count). The summed E-state index contributed by atoms with van der Waals surface area (Å²) >= 11 is 6.67. The molecule has 0 bridgehead atoms. The summed E-state index contributed by atoms with van der Waals surface area (Å²) < 4.78 is 5.45. The van der Waals surface area contributed by atoms with E-state index in [0.29, 0.717) is 22.7 Å². The number of nitrogens with one attached hydrogen (secondary N) is 1. The van der Waals surface area contributed by atoms with Gasteiger partial charge in [-0.3, -0.25) is 4.79 Å². The molecule has 1 aromatic heterocycles. The molecule has 0 aromatic carbocycles. The van der Waals surface area contributed by atoms with Crippen LogP contribution in [-0.4, -0.2) is 17.3 Å². The first kappa shape index (κ1) is 12.8. The van der Waals surface area contributed by atoms with Gasteiger partial charge in [-0.1, -0.05) is 29.8 Å². The Morgan fingerprint density at radius 3 is 2.73 bits per heavy atom. The maximum Gasteiger partial charge on any atom is 0.255 e. The number of furan rings is 1. The minimum absolute atomic E-state index is 0.124. The van der Waals surface area contributed by atoms with Crippen LogP contribution in [0.4, 0.5) is 0 Å². The van der Waals surface area contributed by atoms with Gasteiger partial charge in [0, 0.05) is 11.4 Å². The van der Waals surface area contributed by atoms with E-state index in [1.807, 2.05) is 0 Å². The van der Waals surface area contributed by atoms with Crippen molar-refractivity contribution in [1.82, 2.24) is 5.32 Å². The molecule has 0 saturated carbocycles. The van der Waals surface area contributed by atoms with E-state index in [2.05, 4.69) is 51.0 Å². The number of amides is 1. The largest absolute Gasteiger partial charge is 0.457 e. The number of halogens is 2. The minimum atomic E-state index is -0.124. The standard InChI is InChI=1S/C10H13Br2NO2/c1-6(2)8(11)5-13-10(14)7-3-4-15-9(7)12/h3-4,6,8H,5H2,1-2H3,(H,13,14). The molecule has 0 radical (unpaired) electrons. The van der Waals surface area contributed by atoms with Crippen molar-refractivity contribution in [3.05, 3.63) is 22.6 Å². The van der Waals surface area contributed by atoms with Crippen molar-refractivity contribution in [3.63, 3.8) is 0 Å². The summed E-state index contributed by atoms with van der Waals surface area (Å²) in [5, 5.41) is 2.83. The first-order valence-electron chi connectivity index (χ1n) is 4.67. The number of carbonyl (C=O) groups excluding carboxylic acids is 1. The summed E-state index contributed by atoms with van der Waals surface area (Å²) in [7, 11) is 0. The van der Waals surface area contributed by atoms with Gasteiger partial charge < -0.3 is 9.73 Å². The van der Waals surface area contributed by atoms with Crippen LogP contribution in [0.3, 0.4) is 0 Å². The van der Waals surface area contributed by atoms with Gasteiger partial charge in [0.2, 0.25) is 0 Å². The van der Waals surface area contributed by atoms with Crippen molar-refractivity contribution in [3.8, 4) is 0 Å². The van der Waals surface area contributed by atoms with Crippen LogP contribution in [0.5, 0.6) is 0 Å². The zero-order valence-corrected chi connectivity index (χ0v) is 11.8. The molecule has 0 fully saturated rings. The van der Waals surface area contributed by atoms with Crippen molar-refractivity contribution in [2.24, 2.45) is 5.92 Å². The van der Waals surface area contributed by atoms with E-state index in [4.69, 9.17) is 4.42 Å². The van der Waals surface area contributed by atoms with Gasteiger partial charge in [0.15, 0.2) is 4.67 Å². The van der Waals surface area contributed by atoms with Crippen LogP contribution >= 0.6 is 31.9 Å². The van der Waals surface area contributed by atoms with Crippen LogP contribution in [0.1, 0.15) is 24.2 Å². The normalized spacial score (nSPS) is 12.9. The molecular weight excluding hydrogens is 326 g/mol. The Morgan fingerprint density at radius 1 is 1.60 bits per heavy atom. The second kappa shape index (κ2) is 5.70. The molecular formula is C10H13Br2NO2. The van der Waals surface area contributed by atoms with Crippen LogP contribution < -0.4 is 5.32 Å². The maximum absolute atomic E-state index is 11.6. The molecule has 84 valence electrons. The summed E-state index contributed by atoms with van der Waals surface area (Å²) in [6.45, 7) is 4.80. The van der Waals surface area contributed by atoms with Gasteiger partial charge in [0.1, 0.15) is 0 Å². The van der Waals surface area contributed by atoms with Gasteiger partial charge in [0.25, 0.3) is 5.91 Å². The average molecular weight is 339 g/mol. The molecule has 1 aromatic rings. The fraction of sp³-hybridized carbons (Fsp3) is 0.500. The Morgan fingerprint density at radius 2 is 2.27 bits per heavy atom. The molecule has 5 heteroatoms. The maximum atomic E-state index is 11.6. The van der Waals surface area contributed by atoms with Gasteiger partial charge in [-0.15, -0.1) is 0 Å². The van der Waals surface area contributed by atoms with Crippen molar-refractivity contribution in [1.29, 1.82) is 0 Å². The van der Waals surface area contributed by atoms with E-state index in [9.17, 15) is 4.79 Å². The predicted molar refractivity (Wildman–Crippen MR) is 66.3 cm³/mol. The Kier molecular flexibility index (Phi) is 4.86. The predicted octanol–water partition coefficient (Wildman–Crippen LogP) is 3.19. The molecule has 1 amide bonds. The van der Waals surface area contributed by atoms with E-state index in [1.54, 1.807) is 6.07 Å². The monoisotopic (exact) mass is 337 g/mol. The Bertz CT molecular complexity index is 336. The van der Waals surface area contributed by atoms with Crippen LogP contribution in [0, 0.1) is 5.92 Å². The van der Waals surface area contributed by atoms with Gasteiger partial charge >= 0.3 is 0 Å². The van der Waals surface area contributed by atoms with Crippen LogP contribution in [0.25, 0.3) is 0 Å². The van der Waals surface area contributed by atoms with E-state index < -0.39 is 0 Å². The number of alkyl halides is 1. The second-order valence-electron chi connectivity index (χ2n) is 3.58. The summed E-state index contributed by atoms with van der Waals surface area (Å²) in [6.07, 6.45) is 1.48. The number of rotatable bonds is 4. The van der Waals surface area contributed by atoms with Crippen molar-refractivity contribution in [2.45, 2.75) is 18.7 Å². The molecule has 1 N–H and O–H groups in total. The molecule has 1 atom stereocenters. The van der Waals surface area contributed by atoms with E-state index in [0.717, 1.165) is 0 Å². The first-order valence-corrected chi connectivity index (χ1v) is 6.38. The number of hydrogen-bond donors (Lipinski definition) is 1. The van der Waals surface area contributed by atoms with Gasteiger partial charge in [-0.2, -0.15) is 0 Å². The van der Waals surface area contributed by atoms with Crippen LogP contribution in [-0.2, 0) is 0 Å². The highest BCUT2D eigenvalue weighted by molar-refractivity contribution is 9.10. The van der Waals surface area contributed by atoms with Crippen molar-refractivity contribution >= 4 is 37.8 Å². The SMILES string of the molecule is CC(C)C(Br)CNC(=O)c1ccoc1Br. The summed E-state index contributed by atoms with van der Waals surface area (Å²) in [5.41, 5.74) is 0.526. The highest BCUT2D eigenvalue weighted by atomic mass is 79.9. The molecule has 1 unspecified atom stereocenters. The average Bonchev–Trinajstić information content (AvgIpc) is 2.60. The Hall–Kier alpha value is -0.290. The fourth-order valence-electron chi connectivity index (χ4n) is 0.977. The summed E-state index contributed by atoms with van der Waals surface area (Å²) in [5.74, 6) is 0.360. The van der Waals surface area contributed by atoms with Crippen molar-refractivity contribution < 1.29 is 9.21 Å². The molecule has 0 saturated heterocycles. The van der Waals surface area contributed by atoms with E-state index in [-0.39, 0.29) is 10.7 Å². The quantitative estimate of drug-likeness (QED) is 0.857. The van der Waals surface area contributed by atoms with Gasteiger partial charge in [0.05, 0.1) is 11.8 Å². The second-order valence-corrected chi connectivity index (χ2v) is 5.47. The third-order valence-corrected chi connectivity index (χ3v) is 4.04. The summed E-state index contributed by atoms with van der Waals surface area (Å²) in [4.78, 5) is 11.9. The number of carbonyl (C=O) groups is 1. The van der Waals surface area contributed by atoms with Gasteiger partial charge in [-0.25, -0.2) is 0 Å². The first-order chi connectivity index (χ1) is 7.02. The highest BCUT2D eigenvalue weighted by Gasteiger charge is 2.15. The third kappa shape index (κ3) is 3.65. The molecule has 0 aliphatic heterocycles. The fourth-order valence-corrected chi connectivity index (χ4v) is 1.56. The molecule has 3 nitrogen and oxygen atoms in total. The molecule has 1 heterocycles. The lowest BCUT2D eigenvalue weighted by molar-refractivity contribution is 0.0951. The van der Waals surface area contributed by atoms with Gasteiger partial charge in [-0.05, 0) is 27.9 Å². The third-order valence-electron chi connectivity index (χ3n) is 2.04. The lowest BCUT2D eigenvalue weighted by Crippen LogP contribution is -2.31. The van der Waals surface area contributed by atoms with E-state index in [1.165, 1.54) is 6.26 Å². The van der Waals surface area contributed by atoms with E-state index >= 15 is 0 Å². The topological polar surface area (TPSA) is 42.2 Å². The van der Waals surface area contributed by atoms with Crippen molar-refractivity contribution in [2.75, 3.05) is 6.54 Å². The summed E-state index contributed by atoms with van der Waals surface area (Å²) in [6, 6.07) is 1.64. The Labute approximate surface area is 106 Å².